The zero-order valence-electron chi connectivity index (χ0n) is 20.8. The van der Waals surface area contributed by atoms with Crippen LogP contribution in [-0.2, 0) is 0 Å². The fraction of sp³-hybridized carbons (Fsp3) is 0.267. The number of piperidine rings is 1. The minimum absolute atomic E-state index is 0.936. The van der Waals surface area contributed by atoms with Gasteiger partial charge in [-0.1, -0.05) is 32.1 Å². The van der Waals surface area contributed by atoms with E-state index < -0.39 is 0 Å². The number of H-pyrrole nitrogens is 2. The average Bonchev–Trinajstić information content (AvgIpc) is 3.53. The number of pyridine rings is 1. The summed E-state index contributed by atoms with van der Waals surface area (Å²) in [6, 6.07) is 17.3. The van der Waals surface area contributed by atoms with Gasteiger partial charge in [0.25, 0.3) is 0 Å². The van der Waals surface area contributed by atoms with Crippen LogP contribution in [0.5, 0.6) is 0 Å². The Morgan fingerprint density at radius 3 is 2.72 bits per heavy atom. The average molecular weight is 477 g/mol. The molecule has 182 valence electrons. The maximum atomic E-state index is 4.71. The van der Waals surface area contributed by atoms with E-state index in [4.69, 9.17) is 5.10 Å². The first-order chi connectivity index (χ1) is 17.7. The molecular weight excluding hydrogens is 444 g/mol. The van der Waals surface area contributed by atoms with Crippen LogP contribution < -0.4 is 10.2 Å². The third-order valence-corrected chi connectivity index (χ3v) is 7.10. The molecule has 0 atom stereocenters. The molecule has 0 amide bonds. The fourth-order valence-electron chi connectivity index (χ4n) is 5.31. The van der Waals surface area contributed by atoms with Crippen molar-refractivity contribution >= 4 is 33.2 Å². The van der Waals surface area contributed by atoms with Gasteiger partial charge in [0.05, 0.1) is 23.1 Å². The highest BCUT2D eigenvalue weighted by Gasteiger charge is 2.17. The zero-order valence-corrected chi connectivity index (χ0v) is 20.8. The van der Waals surface area contributed by atoms with Crippen molar-refractivity contribution in [3.05, 3.63) is 73.2 Å². The number of fused-ring (bicyclic) bond motifs is 2. The molecule has 6 rings (SSSR count). The lowest BCUT2D eigenvalue weighted by Gasteiger charge is -2.29. The van der Waals surface area contributed by atoms with Crippen molar-refractivity contribution in [2.45, 2.75) is 39.0 Å². The fourth-order valence-corrected chi connectivity index (χ4v) is 5.31. The predicted octanol–water partition coefficient (Wildman–Crippen LogP) is 7.49. The van der Waals surface area contributed by atoms with Gasteiger partial charge in [0.1, 0.15) is 5.69 Å². The number of allylic oxidation sites excluding steroid dienone is 1. The molecule has 1 fully saturated rings. The first-order valence-electron chi connectivity index (χ1n) is 12.9. The van der Waals surface area contributed by atoms with Gasteiger partial charge < -0.3 is 15.2 Å². The van der Waals surface area contributed by atoms with Gasteiger partial charge in [-0.2, -0.15) is 5.10 Å². The van der Waals surface area contributed by atoms with Crippen LogP contribution in [0.25, 0.3) is 44.3 Å². The highest BCUT2D eigenvalue weighted by molar-refractivity contribution is 6.01. The molecule has 0 spiro atoms. The number of nitrogens with zero attached hydrogens (tertiary/aromatic N) is 3. The monoisotopic (exact) mass is 476 g/mol. The van der Waals surface area contributed by atoms with Gasteiger partial charge in [0.2, 0.25) is 0 Å². The van der Waals surface area contributed by atoms with Crippen LogP contribution in [0.4, 0.5) is 11.4 Å². The van der Waals surface area contributed by atoms with Gasteiger partial charge in [-0.05, 0) is 67.6 Å². The predicted molar refractivity (Wildman–Crippen MR) is 150 cm³/mol. The third kappa shape index (κ3) is 4.24. The molecule has 0 aliphatic carbocycles. The van der Waals surface area contributed by atoms with Gasteiger partial charge in [0, 0.05) is 52.5 Å². The summed E-state index contributed by atoms with van der Waals surface area (Å²) in [5, 5.41) is 13.7. The second kappa shape index (κ2) is 9.53. The van der Waals surface area contributed by atoms with Crippen LogP contribution in [0, 0.1) is 0 Å². The number of anilines is 2. The Labute approximate surface area is 211 Å². The van der Waals surface area contributed by atoms with Crippen LogP contribution in [0.15, 0.2) is 73.2 Å². The summed E-state index contributed by atoms with van der Waals surface area (Å²) in [6.45, 7) is 8.53. The minimum atomic E-state index is 0.936. The second-order valence-electron chi connectivity index (χ2n) is 9.74. The molecule has 0 unspecified atom stereocenters. The molecule has 6 nitrogen and oxygen atoms in total. The second-order valence-corrected chi connectivity index (χ2v) is 9.74. The summed E-state index contributed by atoms with van der Waals surface area (Å²) in [7, 11) is 0. The number of rotatable bonds is 7. The van der Waals surface area contributed by atoms with Crippen molar-refractivity contribution in [2.75, 3.05) is 23.3 Å². The van der Waals surface area contributed by atoms with Crippen LogP contribution in [0.1, 0.15) is 39.0 Å². The van der Waals surface area contributed by atoms with E-state index in [1.54, 1.807) is 0 Å². The smallest absolute Gasteiger partial charge is 0.116 e. The van der Waals surface area contributed by atoms with Gasteiger partial charge in [0.15, 0.2) is 0 Å². The van der Waals surface area contributed by atoms with Gasteiger partial charge in [-0.25, -0.2) is 0 Å². The maximum Gasteiger partial charge on any atom is 0.116 e. The molecule has 3 aromatic heterocycles. The van der Waals surface area contributed by atoms with Crippen LogP contribution in [0.2, 0.25) is 0 Å². The molecule has 1 aliphatic rings. The molecule has 0 bridgehead atoms. The van der Waals surface area contributed by atoms with Crippen molar-refractivity contribution in [1.82, 2.24) is 20.2 Å². The van der Waals surface area contributed by atoms with Crippen LogP contribution >= 0.6 is 0 Å². The van der Waals surface area contributed by atoms with Crippen molar-refractivity contribution in [3.8, 4) is 22.5 Å². The van der Waals surface area contributed by atoms with Crippen molar-refractivity contribution in [2.24, 2.45) is 0 Å². The highest BCUT2D eigenvalue weighted by atomic mass is 15.1. The van der Waals surface area contributed by atoms with Gasteiger partial charge in [-0.3, -0.25) is 10.1 Å². The van der Waals surface area contributed by atoms with E-state index in [1.807, 2.05) is 12.4 Å². The Kier molecular flexibility index (Phi) is 5.93. The molecule has 5 aromatic rings. The zero-order chi connectivity index (χ0) is 24.5. The van der Waals surface area contributed by atoms with Crippen molar-refractivity contribution in [3.63, 3.8) is 0 Å². The van der Waals surface area contributed by atoms with Crippen LogP contribution in [-0.4, -0.2) is 33.3 Å². The molecule has 3 N–H and O–H groups in total. The largest absolute Gasteiger partial charge is 0.371 e. The first kappa shape index (κ1) is 22.4. The molecule has 1 saturated heterocycles. The van der Waals surface area contributed by atoms with Crippen LogP contribution in [0.3, 0.4) is 0 Å². The SMILES string of the molecule is C=C(CCC)Nc1cncc(-c2ccc3[nH]nc(-c4cc5c(N6CCCCC6)cccc5[nH]4)c3c2)c1. The summed E-state index contributed by atoms with van der Waals surface area (Å²) in [6.07, 6.45) is 9.61. The third-order valence-electron chi connectivity index (χ3n) is 7.10. The Bertz CT molecular complexity index is 1540. The normalized spacial score (nSPS) is 14.0. The molecule has 2 aromatic carbocycles. The van der Waals surface area contributed by atoms with E-state index in [1.165, 1.54) is 30.3 Å². The number of hydrogen-bond acceptors (Lipinski definition) is 4. The molecular formula is C30H32N6. The quantitative estimate of drug-likeness (QED) is 0.227. The van der Waals surface area contributed by atoms with Gasteiger partial charge in [-0.15, -0.1) is 0 Å². The molecule has 0 saturated carbocycles. The van der Waals surface area contributed by atoms with E-state index in [9.17, 15) is 0 Å². The minimum Gasteiger partial charge on any atom is -0.371 e. The van der Waals surface area contributed by atoms with E-state index in [-0.39, 0.29) is 0 Å². The van der Waals surface area contributed by atoms with E-state index in [0.29, 0.717) is 0 Å². The molecule has 4 heterocycles. The van der Waals surface area contributed by atoms with E-state index in [0.717, 1.165) is 76.2 Å². The number of hydrogen-bond donors (Lipinski definition) is 3. The summed E-state index contributed by atoms with van der Waals surface area (Å²) < 4.78 is 0. The Hall–Kier alpha value is -4.06. The van der Waals surface area contributed by atoms with Crippen molar-refractivity contribution < 1.29 is 0 Å². The number of benzene rings is 2. The molecule has 1 aliphatic heterocycles. The highest BCUT2D eigenvalue weighted by Crippen LogP contribution is 2.35. The Balaban J connectivity index is 1.37. The Morgan fingerprint density at radius 1 is 0.972 bits per heavy atom. The lowest BCUT2D eigenvalue weighted by molar-refractivity contribution is 0.579. The summed E-state index contributed by atoms with van der Waals surface area (Å²) in [5.41, 5.74) is 9.57. The lowest BCUT2D eigenvalue weighted by atomic mass is 10.0. The number of aromatic nitrogens is 4. The topological polar surface area (TPSA) is 72.6 Å². The maximum absolute atomic E-state index is 4.71. The summed E-state index contributed by atoms with van der Waals surface area (Å²) in [5.74, 6) is 0. The lowest BCUT2D eigenvalue weighted by Crippen LogP contribution is -2.29. The standard InChI is InChI=1S/C30H32N6/c1-3-8-20(2)32-23-15-22(18-31-19-23)21-11-12-27-25(16-21)30(35-34-27)28-17-24-26(33-28)9-7-10-29(24)36-13-5-4-6-14-36/h7,9-12,15-19,32-33H,2-6,8,13-14H2,1H3,(H,34,35). The van der Waals surface area contributed by atoms with E-state index in [2.05, 4.69) is 87.3 Å². The molecule has 0 radical (unpaired) electrons. The first-order valence-corrected chi connectivity index (χ1v) is 12.9. The number of aromatic amines is 2. The Morgan fingerprint density at radius 2 is 1.86 bits per heavy atom. The summed E-state index contributed by atoms with van der Waals surface area (Å²) in [4.78, 5) is 10.6. The van der Waals surface area contributed by atoms with Crippen molar-refractivity contribution in [1.29, 1.82) is 0 Å². The van der Waals surface area contributed by atoms with Gasteiger partial charge >= 0.3 is 0 Å². The molecule has 6 heteroatoms. The van der Waals surface area contributed by atoms with E-state index >= 15 is 0 Å². The number of nitrogens with one attached hydrogen (secondary N) is 3. The molecule has 36 heavy (non-hydrogen) atoms. The summed E-state index contributed by atoms with van der Waals surface area (Å²) >= 11 is 0.